The summed E-state index contributed by atoms with van der Waals surface area (Å²) in [7, 11) is 0. The Bertz CT molecular complexity index is 880. The first-order chi connectivity index (χ1) is 8.40. The van der Waals surface area contributed by atoms with Gasteiger partial charge in [0.15, 0.2) is 0 Å². The van der Waals surface area contributed by atoms with Gasteiger partial charge in [-0.25, -0.2) is 0 Å². The van der Waals surface area contributed by atoms with Crippen molar-refractivity contribution in [2.24, 2.45) is 4.01 Å². The predicted octanol–water partition coefficient (Wildman–Crippen LogP) is -0.612. The van der Waals surface area contributed by atoms with Gasteiger partial charge in [0.1, 0.15) is 0 Å². The number of aryl methyl sites for hydroxylation is 2. The summed E-state index contributed by atoms with van der Waals surface area (Å²) in [6, 6.07) is 1.22. The van der Waals surface area contributed by atoms with Crippen molar-refractivity contribution < 1.29 is 4.39 Å². The minimum absolute atomic E-state index is 0.0117. The Morgan fingerprint density at radius 1 is 1.22 bits per heavy atom. The molecule has 0 aliphatic heterocycles. The van der Waals surface area contributed by atoms with Crippen molar-refractivity contribution in [1.82, 2.24) is 0 Å². The normalized spacial score (nSPS) is 12.3. The van der Waals surface area contributed by atoms with Crippen molar-refractivity contribution in [2.75, 3.05) is 0 Å². The molecule has 18 heavy (non-hydrogen) atoms. The maximum absolute atomic E-state index is 13.6. The van der Waals surface area contributed by atoms with Crippen molar-refractivity contribution in [3.05, 3.63) is 54.2 Å². The molecule has 2 aromatic rings. The minimum atomic E-state index is -0.658. The second-order valence-electron chi connectivity index (χ2n) is 4.03. The zero-order valence-electron chi connectivity index (χ0n) is 9.67. The molecule has 0 aliphatic rings. The summed E-state index contributed by atoms with van der Waals surface area (Å²) in [5.74, 6) is -0.548. The third-order valence-electron chi connectivity index (χ3n) is 2.95. The summed E-state index contributed by atoms with van der Waals surface area (Å²) in [6.45, 7) is 2.99. The predicted molar refractivity (Wildman–Crippen MR) is 66.9 cm³/mol. The molecule has 0 unspecified atom stereocenters. The molecule has 0 saturated carbocycles. The molecule has 2 rings (SSSR count). The van der Waals surface area contributed by atoms with Crippen LogP contribution in [0.4, 0.5) is 4.39 Å². The van der Waals surface area contributed by atoms with Crippen LogP contribution in [0.1, 0.15) is 11.1 Å². The number of nitrogens with one attached hydrogen (secondary N) is 1. The summed E-state index contributed by atoms with van der Waals surface area (Å²) >= 11 is 1.81. The van der Waals surface area contributed by atoms with Crippen LogP contribution in [0.15, 0.2) is 19.7 Å². The van der Waals surface area contributed by atoms with E-state index in [1.807, 2.05) is 16.2 Å². The molecule has 2 aromatic carbocycles. The summed E-state index contributed by atoms with van der Waals surface area (Å²) in [6.07, 6.45) is 0. The van der Waals surface area contributed by atoms with Crippen LogP contribution in [0.25, 0.3) is 10.8 Å². The summed E-state index contributed by atoms with van der Waals surface area (Å²) in [5, 5.41) is 7.08. The van der Waals surface area contributed by atoms with Gasteiger partial charge < -0.3 is 0 Å². The molecule has 0 fully saturated rings. The molecule has 0 amide bonds. The third kappa shape index (κ3) is 1.57. The quantitative estimate of drug-likeness (QED) is 0.659. The molecule has 1 N–H and O–H groups in total. The van der Waals surface area contributed by atoms with Gasteiger partial charge in [-0.3, -0.25) is 0 Å². The Kier molecular flexibility index (Phi) is 3.00. The fourth-order valence-electron chi connectivity index (χ4n) is 2.01. The van der Waals surface area contributed by atoms with Gasteiger partial charge in [0.05, 0.1) is 0 Å². The number of nitrogens with zero attached hydrogens (tertiary/aromatic N) is 1. The number of halogens is 1. The van der Waals surface area contributed by atoms with E-state index in [4.69, 9.17) is 5.41 Å². The summed E-state index contributed by atoms with van der Waals surface area (Å²) in [5.41, 5.74) is -0.679. The first-order valence-electron chi connectivity index (χ1n) is 5.10. The summed E-state index contributed by atoms with van der Waals surface area (Å²) in [4.78, 5) is 24.2. The second kappa shape index (κ2) is 4.23. The van der Waals surface area contributed by atoms with Gasteiger partial charge in [0, 0.05) is 0 Å². The molecule has 0 radical (unpaired) electrons. The van der Waals surface area contributed by atoms with E-state index in [1.54, 1.807) is 6.92 Å². The van der Waals surface area contributed by atoms with E-state index >= 15 is 0 Å². The van der Waals surface area contributed by atoms with E-state index in [-0.39, 0.29) is 21.7 Å². The van der Waals surface area contributed by atoms with Crippen LogP contribution in [-0.2, 0) is 0 Å². The van der Waals surface area contributed by atoms with Gasteiger partial charge >= 0.3 is 109 Å². The Morgan fingerprint density at radius 3 is 2.39 bits per heavy atom. The maximum atomic E-state index is 13.6. The van der Waals surface area contributed by atoms with Crippen LogP contribution in [0.2, 0.25) is 0 Å². The molecule has 0 spiro atoms. The molecule has 0 heterocycles. The third-order valence-corrected chi connectivity index (χ3v) is 3.37. The van der Waals surface area contributed by atoms with Crippen molar-refractivity contribution >= 4 is 27.0 Å². The fourth-order valence-corrected chi connectivity index (χ4v) is 2.41. The van der Waals surface area contributed by atoms with Gasteiger partial charge in [-0.1, -0.05) is 0 Å². The average molecular weight is 311 g/mol. The Hall–Kier alpha value is -1.65. The van der Waals surface area contributed by atoms with Gasteiger partial charge in [-0.15, -0.1) is 0 Å². The van der Waals surface area contributed by atoms with Crippen LogP contribution in [-0.4, -0.2) is 16.2 Å². The van der Waals surface area contributed by atoms with E-state index in [0.717, 1.165) is 0 Å². The number of benzene rings is 2. The molecule has 0 saturated heterocycles. The molecule has 6 heteroatoms. The number of fused-ring (bicyclic) bond motifs is 1. The zero-order valence-corrected chi connectivity index (χ0v) is 11.5. The van der Waals surface area contributed by atoms with Gasteiger partial charge in [-0.05, 0) is 0 Å². The van der Waals surface area contributed by atoms with Crippen molar-refractivity contribution in [1.29, 1.82) is 5.41 Å². The number of hydrogen-bond acceptors (Lipinski definition) is 4. The summed E-state index contributed by atoms with van der Waals surface area (Å²) < 4.78 is 17.2. The van der Waals surface area contributed by atoms with E-state index in [1.165, 1.54) is 13.0 Å². The van der Waals surface area contributed by atoms with E-state index in [0.29, 0.717) is 5.56 Å². The number of rotatable bonds is 0. The fraction of sp³-hybridized carbons (Fsp3) is 0.167. The van der Waals surface area contributed by atoms with E-state index in [2.05, 4.69) is 4.01 Å². The zero-order chi connectivity index (χ0) is 13.6. The SMILES string of the molecule is Cc1c(F)cc(C)c2c(=O)c(=N[SeH])c(=N)c(=O)c12. The second-order valence-corrected chi connectivity index (χ2v) is 4.45. The van der Waals surface area contributed by atoms with E-state index < -0.39 is 22.0 Å². The van der Waals surface area contributed by atoms with Crippen LogP contribution >= 0.6 is 0 Å². The molecule has 4 nitrogen and oxygen atoms in total. The van der Waals surface area contributed by atoms with Gasteiger partial charge in [0.2, 0.25) is 0 Å². The molecular formula is C12H9FN2O2Se. The van der Waals surface area contributed by atoms with Crippen LogP contribution in [0.5, 0.6) is 0 Å². The molecule has 0 bridgehead atoms. The monoisotopic (exact) mass is 312 g/mol. The first-order valence-corrected chi connectivity index (χ1v) is 5.94. The van der Waals surface area contributed by atoms with E-state index in [9.17, 15) is 14.0 Å². The Labute approximate surface area is 109 Å². The van der Waals surface area contributed by atoms with Crippen molar-refractivity contribution in [3.63, 3.8) is 0 Å². The Morgan fingerprint density at radius 2 is 1.83 bits per heavy atom. The molecule has 0 aromatic heterocycles. The first kappa shape index (κ1) is 12.8. The van der Waals surface area contributed by atoms with Crippen molar-refractivity contribution in [2.45, 2.75) is 13.8 Å². The average Bonchev–Trinajstić information content (AvgIpc) is 2.31. The van der Waals surface area contributed by atoms with Crippen LogP contribution < -0.4 is 21.6 Å². The molecule has 0 atom stereocenters. The van der Waals surface area contributed by atoms with Gasteiger partial charge in [-0.2, -0.15) is 0 Å². The van der Waals surface area contributed by atoms with Crippen LogP contribution in [0, 0.1) is 25.1 Å². The molecule has 92 valence electrons. The standard InChI is InChI=1S/C12H9FN2O2Se/c1-4-3-6(13)5(2)8-7(4)12(17)10(15-18)9(14)11(8)16/h3,14,18H,1-2H3. The van der Waals surface area contributed by atoms with Crippen LogP contribution in [0.3, 0.4) is 0 Å². The van der Waals surface area contributed by atoms with Crippen molar-refractivity contribution in [3.8, 4) is 0 Å². The topological polar surface area (TPSA) is 70.3 Å². The Balaban J connectivity index is 3.42. The van der Waals surface area contributed by atoms with Gasteiger partial charge in [0.25, 0.3) is 0 Å². The number of hydrogen-bond donors (Lipinski definition) is 1. The molecule has 0 aliphatic carbocycles. The molecular weight excluding hydrogens is 302 g/mol.